The molecule has 0 amide bonds. The summed E-state index contributed by atoms with van der Waals surface area (Å²) in [6.07, 6.45) is 6.34. The van der Waals surface area contributed by atoms with Crippen LogP contribution in [0.4, 0.5) is 15.8 Å². The lowest BCUT2D eigenvalue weighted by molar-refractivity contribution is 0.444. The minimum Gasteiger partial charge on any atom is -0.383 e. The van der Waals surface area contributed by atoms with Crippen LogP contribution in [0.25, 0.3) is 0 Å². The number of fused-ring (bicyclic) bond motifs is 2. The van der Waals surface area contributed by atoms with E-state index in [1.807, 2.05) is 0 Å². The van der Waals surface area contributed by atoms with Crippen LogP contribution >= 0.6 is 11.6 Å². The first-order valence-electron chi connectivity index (χ1n) is 6.73. The van der Waals surface area contributed by atoms with Gasteiger partial charge in [-0.3, -0.25) is 0 Å². The van der Waals surface area contributed by atoms with Crippen molar-refractivity contribution in [3.05, 3.63) is 23.0 Å². The number of rotatable bonds is 0. The van der Waals surface area contributed by atoms with E-state index >= 15 is 0 Å². The van der Waals surface area contributed by atoms with Gasteiger partial charge >= 0.3 is 0 Å². The van der Waals surface area contributed by atoms with Crippen molar-refractivity contribution < 1.29 is 4.39 Å². The molecular formula is C14H18ClFN2. The molecule has 0 spiro atoms. The van der Waals surface area contributed by atoms with Crippen LogP contribution in [0, 0.1) is 11.7 Å². The van der Waals surface area contributed by atoms with Gasteiger partial charge in [-0.05, 0) is 24.8 Å². The summed E-state index contributed by atoms with van der Waals surface area (Å²) in [5.41, 5.74) is 1.78. The van der Waals surface area contributed by atoms with E-state index in [0.29, 0.717) is 12.0 Å². The Labute approximate surface area is 112 Å². The smallest absolute Gasteiger partial charge is 0.143 e. The number of halogens is 2. The SMILES string of the molecule is Fc1cc2c(cc1Cl)NC1CCCCCC1CN2. The molecule has 0 radical (unpaired) electrons. The molecule has 4 heteroatoms. The van der Waals surface area contributed by atoms with E-state index in [1.165, 1.54) is 38.2 Å². The molecule has 0 bridgehead atoms. The van der Waals surface area contributed by atoms with Crippen LogP contribution < -0.4 is 10.6 Å². The van der Waals surface area contributed by atoms with Gasteiger partial charge in [-0.2, -0.15) is 0 Å². The minimum atomic E-state index is -0.355. The van der Waals surface area contributed by atoms with Gasteiger partial charge in [-0.15, -0.1) is 0 Å². The molecule has 1 saturated carbocycles. The highest BCUT2D eigenvalue weighted by Crippen LogP contribution is 2.35. The van der Waals surface area contributed by atoms with E-state index in [4.69, 9.17) is 11.6 Å². The van der Waals surface area contributed by atoms with Crippen LogP contribution in [-0.2, 0) is 0 Å². The van der Waals surface area contributed by atoms with Crippen LogP contribution in [0.5, 0.6) is 0 Å². The Morgan fingerprint density at radius 3 is 2.83 bits per heavy atom. The lowest BCUT2D eigenvalue weighted by Crippen LogP contribution is -2.30. The van der Waals surface area contributed by atoms with Gasteiger partial charge in [0.15, 0.2) is 0 Å². The summed E-state index contributed by atoms with van der Waals surface area (Å²) in [5, 5.41) is 7.10. The quantitative estimate of drug-likeness (QED) is 0.734. The Hall–Kier alpha value is -0.960. The van der Waals surface area contributed by atoms with Crippen molar-refractivity contribution in [2.24, 2.45) is 5.92 Å². The number of nitrogens with one attached hydrogen (secondary N) is 2. The van der Waals surface area contributed by atoms with Crippen molar-refractivity contribution in [2.75, 3.05) is 17.2 Å². The molecule has 1 aliphatic carbocycles. The normalized spacial score (nSPS) is 27.0. The third kappa shape index (κ3) is 2.28. The zero-order chi connectivity index (χ0) is 12.5. The lowest BCUT2D eigenvalue weighted by atomic mass is 9.95. The second kappa shape index (κ2) is 4.96. The highest BCUT2D eigenvalue weighted by Gasteiger charge is 2.27. The molecular weight excluding hydrogens is 251 g/mol. The Morgan fingerprint density at radius 1 is 1.11 bits per heavy atom. The average Bonchev–Trinajstić information content (AvgIpc) is 2.64. The van der Waals surface area contributed by atoms with Gasteiger partial charge in [0.05, 0.1) is 16.4 Å². The van der Waals surface area contributed by atoms with E-state index in [0.717, 1.165) is 17.9 Å². The third-order valence-electron chi connectivity index (χ3n) is 4.12. The van der Waals surface area contributed by atoms with Crippen molar-refractivity contribution in [1.29, 1.82) is 0 Å². The van der Waals surface area contributed by atoms with E-state index in [-0.39, 0.29) is 10.8 Å². The summed E-state index contributed by atoms with van der Waals surface area (Å²) in [6, 6.07) is 3.69. The molecule has 1 heterocycles. The Kier molecular flexibility index (Phi) is 3.33. The number of hydrogen-bond acceptors (Lipinski definition) is 2. The monoisotopic (exact) mass is 268 g/mol. The van der Waals surface area contributed by atoms with Crippen LogP contribution in [0.15, 0.2) is 12.1 Å². The molecule has 0 aromatic heterocycles. The van der Waals surface area contributed by atoms with Crippen molar-refractivity contribution in [3.8, 4) is 0 Å². The first-order chi connectivity index (χ1) is 8.74. The highest BCUT2D eigenvalue weighted by molar-refractivity contribution is 6.31. The van der Waals surface area contributed by atoms with E-state index in [9.17, 15) is 4.39 Å². The summed E-state index contributed by atoms with van der Waals surface area (Å²) >= 11 is 5.86. The van der Waals surface area contributed by atoms with E-state index in [2.05, 4.69) is 10.6 Å². The number of anilines is 2. The molecule has 1 aromatic carbocycles. The fraction of sp³-hybridized carbons (Fsp3) is 0.571. The fourth-order valence-corrected chi connectivity index (χ4v) is 3.24. The van der Waals surface area contributed by atoms with Gasteiger partial charge in [-0.1, -0.05) is 30.9 Å². The van der Waals surface area contributed by atoms with Crippen molar-refractivity contribution in [3.63, 3.8) is 0 Å². The maximum atomic E-state index is 13.5. The molecule has 0 saturated heterocycles. The molecule has 1 fully saturated rings. The molecule has 2 N–H and O–H groups in total. The molecule has 18 heavy (non-hydrogen) atoms. The maximum Gasteiger partial charge on any atom is 0.143 e. The molecule has 3 rings (SSSR count). The van der Waals surface area contributed by atoms with Crippen LogP contribution in [0.3, 0.4) is 0 Å². The molecule has 1 aromatic rings. The second-order valence-electron chi connectivity index (χ2n) is 5.34. The Balaban J connectivity index is 1.90. The molecule has 2 atom stereocenters. The van der Waals surface area contributed by atoms with Crippen molar-refractivity contribution in [2.45, 2.75) is 38.1 Å². The molecule has 98 valence electrons. The first-order valence-corrected chi connectivity index (χ1v) is 7.11. The second-order valence-corrected chi connectivity index (χ2v) is 5.75. The molecule has 2 unspecified atom stereocenters. The first kappa shape index (κ1) is 12.1. The topological polar surface area (TPSA) is 24.1 Å². The van der Waals surface area contributed by atoms with Crippen molar-refractivity contribution in [1.82, 2.24) is 0 Å². The van der Waals surface area contributed by atoms with E-state index < -0.39 is 0 Å². The Morgan fingerprint density at radius 2 is 1.94 bits per heavy atom. The molecule has 2 nitrogen and oxygen atoms in total. The van der Waals surface area contributed by atoms with Crippen LogP contribution in [0.2, 0.25) is 5.02 Å². The zero-order valence-electron chi connectivity index (χ0n) is 10.3. The summed E-state index contributed by atoms with van der Waals surface area (Å²) in [7, 11) is 0. The number of benzene rings is 1. The minimum absolute atomic E-state index is 0.190. The van der Waals surface area contributed by atoms with Gasteiger partial charge < -0.3 is 10.6 Å². The van der Waals surface area contributed by atoms with Gasteiger partial charge in [0.1, 0.15) is 5.82 Å². The standard InChI is InChI=1S/C14H18ClFN2/c15-10-6-14-13(7-11(10)16)17-8-9-4-2-1-3-5-12(9)18-14/h6-7,9,12,17-18H,1-5,8H2. The summed E-state index contributed by atoms with van der Waals surface area (Å²) in [4.78, 5) is 0. The predicted molar refractivity (Wildman–Crippen MR) is 73.9 cm³/mol. The van der Waals surface area contributed by atoms with Crippen LogP contribution in [-0.4, -0.2) is 12.6 Å². The van der Waals surface area contributed by atoms with E-state index in [1.54, 1.807) is 6.07 Å². The Bertz CT molecular complexity index is 450. The summed E-state index contributed by atoms with van der Waals surface area (Å²) in [5.74, 6) is 0.272. The molecule has 2 aliphatic rings. The maximum absolute atomic E-state index is 13.5. The molecule has 1 aliphatic heterocycles. The largest absolute Gasteiger partial charge is 0.383 e. The summed E-state index contributed by atoms with van der Waals surface area (Å²) < 4.78 is 13.5. The third-order valence-corrected chi connectivity index (χ3v) is 4.40. The highest BCUT2D eigenvalue weighted by atomic mass is 35.5. The fourth-order valence-electron chi connectivity index (χ4n) is 3.07. The zero-order valence-corrected chi connectivity index (χ0v) is 11.1. The van der Waals surface area contributed by atoms with Crippen LogP contribution in [0.1, 0.15) is 32.1 Å². The van der Waals surface area contributed by atoms with Gasteiger partial charge in [0, 0.05) is 18.7 Å². The van der Waals surface area contributed by atoms with Gasteiger partial charge in [0.2, 0.25) is 0 Å². The van der Waals surface area contributed by atoms with Gasteiger partial charge in [-0.25, -0.2) is 4.39 Å². The summed E-state index contributed by atoms with van der Waals surface area (Å²) in [6.45, 7) is 0.922. The van der Waals surface area contributed by atoms with Crippen molar-refractivity contribution >= 4 is 23.0 Å². The lowest BCUT2D eigenvalue weighted by Gasteiger charge is -2.23. The van der Waals surface area contributed by atoms with Gasteiger partial charge in [0.25, 0.3) is 0 Å². The predicted octanol–water partition coefficient (Wildman–Crippen LogP) is 4.27. The number of hydrogen-bond donors (Lipinski definition) is 2. The average molecular weight is 269 g/mol.